The number of fused-ring (bicyclic) bond motifs is 1. The molecule has 1 aromatic carbocycles. The number of aromatic nitrogens is 2. The molecule has 1 aliphatic carbocycles. The number of carbonyl (C=O) groups excluding carboxylic acids is 1. The lowest BCUT2D eigenvalue weighted by Gasteiger charge is -2.26. The van der Waals surface area contributed by atoms with Gasteiger partial charge in [0, 0.05) is 42.9 Å². The highest BCUT2D eigenvalue weighted by Gasteiger charge is 2.28. The van der Waals surface area contributed by atoms with Crippen molar-refractivity contribution < 1.29 is 13.6 Å². The van der Waals surface area contributed by atoms with Crippen molar-refractivity contribution in [3.05, 3.63) is 46.8 Å². The molecule has 2 aromatic rings. The van der Waals surface area contributed by atoms with Gasteiger partial charge in [-0.3, -0.25) is 4.79 Å². The number of amides is 1. The van der Waals surface area contributed by atoms with Gasteiger partial charge in [-0.15, -0.1) is 12.4 Å². The Morgan fingerprint density at radius 2 is 2.08 bits per heavy atom. The molecule has 0 radical (unpaired) electrons. The lowest BCUT2D eigenvalue weighted by atomic mass is 10.0. The summed E-state index contributed by atoms with van der Waals surface area (Å²) in [4.78, 5) is 12.5. The zero-order valence-electron chi connectivity index (χ0n) is 13.5. The van der Waals surface area contributed by atoms with E-state index in [0.29, 0.717) is 23.8 Å². The second kappa shape index (κ2) is 7.09. The second-order valence-corrected chi connectivity index (χ2v) is 6.37. The third kappa shape index (κ3) is 3.26. The Morgan fingerprint density at radius 1 is 1.28 bits per heavy atom. The summed E-state index contributed by atoms with van der Waals surface area (Å²) >= 11 is 0. The lowest BCUT2D eigenvalue weighted by Crippen LogP contribution is -2.48. The van der Waals surface area contributed by atoms with Gasteiger partial charge < -0.3 is 10.6 Å². The fourth-order valence-corrected chi connectivity index (χ4v) is 3.26. The van der Waals surface area contributed by atoms with Crippen LogP contribution < -0.4 is 10.6 Å². The summed E-state index contributed by atoms with van der Waals surface area (Å²) in [6, 6.07) is 3.67. The predicted octanol–water partition coefficient (Wildman–Crippen LogP) is 2.01. The van der Waals surface area contributed by atoms with E-state index in [2.05, 4.69) is 15.7 Å². The van der Waals surface area contributed by atoms with E-state index in [1.165, 1.54) is 6.07 Å². The summed E-state index contributed by atoms with van der Waals surface area (Å²) in [5.74, 6) is -1.54. The maximum Gasteiger partial charge on any atom is 0.272 e. The van der Waals surface area contributed by atoms with Crippen molar-refractivity contribution >= 4 is 18.3 Å². The van der Waals surface area contributed by atoms with Crippen LogP contribution in [0.25, 0.3) is 5.69 Å². The zero-order chi connectivity index (χ0) is 16.7. The maximum atomic E-state index is 13.5. The number of nitrogens with zero attached hydrogens (tertiary/aromatic N) is 2. The average Bonchev–Trinajstić information content (AvgIpc) is 3.10. The Hall–Kier alpha value is -1.99. The van der Waals surface area contributed by atoms with Gasteiger partial charge in [-0.1, -0.05) is 0 Å². The summed E-state index contributed by atoms with van der Waals surface area (Å²) < 4.78 is 28.3. The fraction of sp³-hybridized carbons (Fsp3) is 0.412. The molecule has 1 fully saturated rings. The van der Waals surface area contributed by atoms with E-state index in [1.807, 2.05) is 0 Å². The normalized spacial score (nSPS) is 16.1. The van der Waals surface area contributed by atoms with E-state index in [0.717, 1.165) is 55.7 Å². The number of nitrogens with one attached hydrogen (secondary N) is 2. The molecule has 2 heterocycles. The molecule has 1 saturated heterocycles. The molecule has 0 atom stereocenters. The van der Waals surface area contributed by atoms with Crippen molar-refractivity contribution in [2.75, 3.05) is 19.6 Å². The van der Waals surface area contributed by atoms with E-state index >= 15 is 0 Å². The maximum absolute atomic E-state index is 13.5. The van der Waals surface area contributed by atoms with E-state index < -0.39 is 11.6 Å². The first kappa shape index (κ1) is 17.8. The average molecular weight is 369 g/mol. The van der Waals surface area contributed by atoms with Crippen LogP contribution in [0.5, 0.6) is 0 Å². The van der Waals surface area contributed by atoms with Crippen LogP contribution in [0.1, 0.15) is 28.2 Å². The monoisotopic (exact) mass is 368 g/mol. The van der Waals surface area contributed by atoms with Crippen molar-refractivity contribution in [3.63, 3.8) is 0 Å². The fourth-order valence-electron chi connectivity index (χ4n) is 3.26. The van der Waals surface area contributed by atoms with Gasteiger partial charge in [0.2, 0.25) is 0 Å². The van der Waals surface area contributed by atoms with Gasteiger partial charge in [0.1, 0.15) is 0 Å². The third-order valence-corrected chi connectivity index (χ3v) is 4.71. The van der Waals surface area contributed by atoms with Crippen molar-refractivity contribution in [3.8, 4) is 5.69 Å². The third-order valence-electron chi connectivity index (χ3n) is 4.71. The van der Waals surface area contributed by atoms with Crippen LogP contribution in [-0.4, -0.2) is 35.3 Å². The summed E-state index contributed by atoms with van der Waals surface area (Å²) in [7, 11) is 0. The van der Waals surface area contributed by atoms with Crippen LogP contribution in [0.4, 0.5) is 8.78 Å². The Morgan fingerprint density at radius 3 is 2.76 bits per heavy atom. The molecule has 0 saturated carbocycles. The van der Waals surface area contributed by atoms with Gasteiger partial charge in [-0.05, 0) is 31.4 Å². The molecule has 0 spiro atoms. The van der Waals surface area contributed by atoms with E-state index in [9.17, 15) is 13.6 Å². The minimum Gasteiger partial charge on any atom is -0.350 e. The molecule has 2 aliphatic rings. The van der Waals surface area contributed by atoms with Gasteiger partial charge in [-0.2, -0.15) is 5.10 Å². The van der Waals surface area contributed by atoms with Gasteiger partial charge in [0.25, 0.3) is 5.91 Å². The SMILES string of the molecule is Cl.O=C(NCC1CNC1)c1nn(-c2ccc(F)c(F)c2)c2c1CCC2. The van der Waals surface area contributed by atoms with Crippen LogP contribution in [0.2, 0.25) is 0 Å². The van der Waals surface area contributed by atoms with E-state index in [4.69, 9.17) is 0 Å². The predicted molar refractivity (Wildman–Crippen MR) is 91.4 cm³/mol. The molecule has 2 N–H and O–H groups in total. The molecular formula is C17H19ClF2N4O. The first-order valence-corrected chi connectivity index (χ1v) is 8.18. The topological polar surface area (TPSA) is 59.0 Å². The first-order valence-electron chi connectivity index (χ1n) is 8.18. The Kier molecular flexibility index (Phi) is 5.06. The molecule has 0 bridgehead atoms. The van der Waals surface area contributed by atoms with Gasteiger partial charge in [0.15, 0.2) is 17.3 Å². The molecule has 8 heteroatoms. The number of rotatable bonds is 4. The van der Waals surface area contributed by atoms with Crippen LogP contribution in [0.3, 0.4) is 0 Å². The summed E-state index contributed by atoms with van der Waals surface area (Å²) in [5, 5.41) is 10.5. The van der Waals surface area contributed by atoms with Gasteiger partial charge >= 0.3 is 0 Å². The first-order chi connectivity index (χ1) is 11.6. The molecule has 1 aliphatic heterocycles. The van der Waals surface area contributed by atoms with Crippen molar-refractivity contribution in [2.45, 2.75) is 19.3 Å². The van der Waals surface area contributed by atoms with Crippen molar-refractivity contribution in [1.82, 2.24) is 20.4 Å². The van der Waals surface area contributed by atoms with Gasteiger partial charge in [0.05, 0.1) is 5.69 Å². The highest BCUT2D eigenvalue weighted by molar-refractivity contribution is 5.94. The molecule has 25 heavy (non-hydrogen) atoms. The summed E-state index contributed by atoms with van der Waals surface area (Å²) in [5.41, 5.74) is 2.68. The number of hydrogen-bond acceptors (Lipinski definition) is 3. The molecule has 134 valence electrons. The molecule has 4 rings (SSSR count). The second-order valence-electron chi connectivity index (χ2n) is 6.37. The Labute approximate surface area is 150 Å². The lowest BCUT2D eigenvalue weighted by molar-refractivity contribution is 0.0936. The Bertz CT molecular complexity index is 804. The van der Waals surface area contributed by atoms with Crippen molar-refractivity contribution in [2.24, 2.45) is 5.92 Å². The zero-order valence-corrected chi connectivity index (χ0v) is 14.3. The van der Waals surface area contributed by atoms with Crippen molar-refractivity contribution in [1.29, 1.82) is 0 Å². The minimum absolute atomic E-state index is 0. The van der Waals surface area contributed by atoms with E-state index in [-0.39, 0.29) is 18.3 Å². The summed E-state index contributed by atoms with van der Waals surface area (Å²) in [6.07, 6.45) is 2.50. The standard InChI is InChI=1S/C17H18F2N4O.ClH/c18-13-5-4-11(6-14(13)19)23-15-3-1-2-12(15)16(22-23)17(24)21-9-10-7-20-8-10;/h4-6,10,20H,1-3,7-9H2,(H,21,24);1H. The Balaban J connectivity index is 0.00000182. The number of carbonyl (C=O) groups is 1. The van der Waals surface area contributed by atoms with Crippen LogP contribution in [0.15, 0.2) is 18.2 Å². The molecule has 5 nitrogen and oxygen atoms in total. The van der Waals surface area contributed by atoms with Crippen LogP contribution in [-0.2, 0) is 12.8 Å². The minimum atomic E-state index is -0.918. The largest absolute Gasteiger partial charge is 0.350 e. The number of hydrogen-bond donors (Lipinski definition) is 2. The summed E-state index contributed by atoms with van der Waals surface area (Å²) in [6.45, 7) is 2.46. The molecule has 1 amide bonds. The number of halogens is 3. The highest BCUT2D eigenvalue weighted by atomic mass is 35.5. The number of benzene rings is 1. The molecule has 1 aromatic heterocycles. The van der Waals surface area contributed by atoms with E-state index in [1.54, 1.807) is 4.68 Å². The van der Waals surface area contributed by atoms with Crippen LogP contribution >= 0.6 is 12.4 Å². The molecular weight excluding hydrogens is 350 g/mol. The quantitative estimate of drug-likeness (QED) is 0.868. The highest BCUT2D eigenvalue weighted by Crippen LogP contribution is 2.28. The molecule has 0 unspecified atom stereocenters. The van der Waals surface area contributed by atoms with Crippen LogP contribution in [0, 0.1) is 17.6 Å². The van der Waals surface area contributed by atoms with Gasteiger partial charge in [-0.25, -0.2) is 13.5 Å². The smallest absolute Gasteiger partial charge is 0.272 e.